The van der Waals surface area contributed by atoms with E-state index in [1.807, 2.05) is 34.9 Å². The van der Waals surface area contributed by atoms with Gasteiger partial charge < -0.3 is 20.3 Å². The number of halogens is 1. The highest BCUT2D eigenvalue weighted by Crippen LogP contribution is 2.42. The molecule has 0 spiro atoms. The molecular formula is C28H25ClN4O4. The molecule has 0 aliphatic carbocycles. The van der Waals surface area contributed by atoms with Crippen LogP contribution in [0.2, 0.25) is 5.02 Å². The number of carbonyl (C=O) groups is 3. The molecule has 0 saturated carbocycles. The Labute approximate surface area is 217 Å². The van der Waals surface area contributed by atoms with Gasteiger partial charge in [-0.1, -0.05) is 35.9 Å². The number of imide groups is 1. The van der Waals surface area contributed by atoms with Crippen molar-refractivity contribution in [2.75, 3.05) is 19.7 Å². The van der Waals surface area contributed by atoms with E-state index in [0.717, 1.165) is 22.8 Å². The maximum absolute atomic E-state index is 13.2. The van der Waals surface area contributed by atoms with Crippen LogP contribution < -0.4 is 11.1 Å². The highest BCUT2D eigenvalue weighted by molar-refractivity contribution is 6.36. The second kappa shape index (κ2) is 8.99. The lowest BCUT2D eigenvalue weighted by molar-refractivity contribution is 0.0789. The molecule has 4 aromatic rings. The second-order valence-electron chi connectivity index (χ2n) is 9.59. The van der Waals surface area contributed by atoms with Crippen LogP contribution in [0, 0.1) is 0 Å². The van der Waals surface area contributed by atoms with E-state index in [-0.39, 0.29) is 24.1 Å². The summed E-state index contributed by atoms with van der Waals surface area (Å²) in [6.07, 6.45) is 1.24. The summed E-state index contributed by atoms with van der Waals surface area (Å²) in [5, 5.41) is 13.9. The van der Waals surface area contributed by atoms with Crippen LogP contribution in [0.5, 0.6) is 0 Å². The molecule has 2 aliphatic heterocycles. The minimum atomic E-state index is -0.467. The molecule has 0 radical (unpaired) electrons. The summed E-state index contributed by atoms with van der Waals surface area (Å²) in [7, 11) is 0. The van der Waals surface area contributed by atoms with E-state index in [1.54, 1.807) is 23.1 Å². The van der Waals surface area contributed by atoms with Gasteiger partial charge >= 0.3 is 0 Å². The molecule has 3 heterocycles. The lowest BCUT2D eigenvalue weighted by Crippen LogP contribution is -2.31. The number of hydrogen-bond acceptors (Lipinski definition) is 5. The van der Waals surface area contributed by atoms with Crippen LogP contribution >= 0.6 is 11.6 Å². The number of aromatic nitrogens is 1. The third-order valence-electron chi connectivity index (χ3n) is 7.30. The minimum absolute atomic E-state index is 0.0211. The van der Waals surface area contributed by atoms with Crippen molar-refractivity contribution in [1.29, 1.82) is 0 Å². The van der Waals surface area contributed by atoms with Gasteiger partial charge in [0.1, 0.15) is 0 Å². The average Bonchev–Trinajstić information content (AvgIpc) is 3.55. The number of carbonyl (C=O) groups excluding carboxylic acids is 3. The van der Waals surface area contributed by atoms with Gasteiger partial charge in [-0.25, -0.2) is 0 Å². The third kappa shape index (κ3) is 3.71. The van der Waals surface area contributed by atoms with E-state index in [4.69, 9.17) is 17.3 Å². The largest absolute Gasteiger partial charge is 0.396 e. The van der Waals surface area contributed by atoms with Crippen molar-refractivity contribution in [1.82, 2.24) is 14.8 Å². The Morgan fingerprint density at radius 2 is 1.84 bits per heavy atom. The first kappa shape index (κ1) is 23.7. The number of aliphatic hydroxyl groups is 1. The zero-order valence-electron chi connectivity index (χ0n) is 20.0. The molecule has 2 aliphatic rings. The Hall–Kier alpha value is -3.72. The number of amides is 3. The van der Waals surface area contributed by atoms with Crippen molar-refractivity contribution in [2.45, 2.75) is 25.4 Å². The Balaban J connectivity index is 1.65. The highest BCUT2D eigenvalue weighted by atomic mass is 35.5. The highest BCUT2D eigenvalue weighted by Gasteiger charge is 2.35. The van der Waals surface area contributed by atoms with Crippen molar-refractivity contribution < 1.29 is 19.5 Å². The fourth-order valence-electron chi connectivity index (χ4n) is 5.59. The number of nitrogens with two attached hydrogens (primary N) is 1. The van der Waals surface area contributed by atoms with Crippen LogP contribution in [0.15, 0.2) is 48.5 Å². The normalized spacial score (nSPS) is 17.2. The molecule has 8 nitrogen and oxygen atoms in total. The Morgan fingerprint density at radius 3 is 2.57 bits per heavy atom. The maximum Gasteiger partial charge on any atom is 0.259 e. The summed E-state index contributed by atoms with van der Waals surface area (Å²) in [6, 6.07) is 14.5. The number of nitrogens with zero attached hydrogens (tertiary/aromatic N) is 2. The van der Waals surface area contributed by atoms with E-state index < -0.39 is 11.8 Å². The monoisotopic (exact) mass is 516 g/mol. The molecule has 1 saturated heterocycles. The molecule has 1 atom stereocenters. The molecule has 9 heteroatoms. The van der Waals surface area contributed by atoms with Gasteiger partial charge in [0, 0.05) is 64.7 Å². The number of hydrogen-bond donors (Lipinski definition) is 3. The first-order valence-electron chi connectivity index (χ1n) is 12.3. The number of benzene rings is 3. The number of fused-ring (bicyclic) bond motifs is 5. The van der Waals surface area contributed by atoms with E-state index in [9.17, 15) is 19.5 Å². The van der Waals surface area contributed by atoms with E-state index in [2.05, 4.69) is 5.32 Å². The lowest BCUT2D eigenvalue weighted by atomic mass is 9.92. The lowest BCUT2D eigenvalue weighted by Gasteiger charge is -2.16. The zero-order valence-corrected chi connectivity index (χ0v) is 20.7. The topological polar surface area (TPSA) is 118 Å². The Kier molecular flexibility index (Phi) is 5.75. The van der Waals surface area contributed by atoms with Crippen LogP contribution in [0.1, 0.15) is 43.9 Å². The van der Waals surface area contributed by atoms with Gasteiger partial charge in [0.05, 0.1) is 16.6 Å². The zero-order chi connectivity index (χ0) is 25.8. The van der Waals surface area contributed by atoms with Crippen LogP contribution in [0.3, 0.4) is 0 Å². The second-order valence-corrected chi connectivity index (χ2v) is 10.00. The predicted octanol–water partition coefficient (Wildman–Crippen LogP) is 3.55. The molecule has 1 aromatic heterocycles. The van der Waals surface area contributed by atoms with Crippen molar-refractivity contribution in [3.05, 3.63) is 70.2 Å². The van der Waals surface area contributed by atoms with Crippen molar-refractivity contribution in [3.63, 3.8) is 0 Å². The molecule has 188 valence electrons. The molecule has 0 unspecified atom stereocenters. The summed E-state index contributed by atoms with van der Waals surface area (Å²) in [4.78, 5) is 41.1. The van der Waals surface area contributed by atoms with Crippen LogP contribution in [-0.2, 0) is 6.54 Å². The van der Waals surface area contributed by atoms with Crippen molar-refractivity contribution in [3.8, 4) is 11.1 Å². The molecule has 37 heavy (non-hydrogen) atoms. The van der Waals surface area contributed by atoms with Crippen LogP contribution in [-0.4, -0.2) is 58.0 Å². The van der Waals surface area contributed by atoms with Gasteiger partial charge in [-0.2, -0.15) is 0 Å². The van der Waals surface area contributed by atoms with E-state index in [1.165, 1.54) is 0 Å². The molecule has 3 amide bonds. The predicted molar refractivity (Wildman–Crippen MR) is 142 cm³/mol. The van der Waals surface area contributed by atoms with Crippen LogP contribution in [0.25, 0.3) is 32.9 Å². The molecule has 0 bridgehead atoms. The average molecular weight is 517 g/mol. The molecule has 4 N–H and O–H groups in total. The fourth-order valence-corrected chi connectivity index (χ4v) is 5.83. The van der Waals surface area contributed by atoms with Gasteiger partial charge in [0.2, 0.25) is 0 Å². The smallest absolute Gasteiger partial charge is 0.259 e. The van der Waals surface area contributed by atoms with Gasteiger partial charge in [-0.3, -0.25) is 19.7 Å². The number of aliphatic hydroxyl groups excluding tert-OH is 1. The Bertz CT molecular complexity index is 1630. The third-order valence-corrected chi connectivity index (χ3v) is 7.63. The quantitative estimate of drug-likeness (QED) is 0.351. The molecular weight excluding hydrogens is 492 g/mol. The van der Waals surface area contributed by atoms with Gasteiger partial charge in [0.25, 0.3) is 17.7 Å². The standard InChI is InChI=1S/C28H25ClN4O4/c29-20-5-2-1-4-17(20)19-13-22-23(25-24(19)26(35)31-27(25)36)18-7-6-15(12-21(18)33(22)9-3-11-34)28(37)32-10-8-16(30)14-32/h1-2,4-7,12-13,16,34H,3,8-11,14,30H2,(H,31,35,36)/t16-/m0/s1. The number of rotatable bonds is 5. The fraction of sp³-hybridized carbons (Fsp3) is 0.250. The Morgan fingerprint density at radius 1 is 1.05 bits per heavy atom. The summed E-state index contributed by atoms with van der Waals surface area (Å²) >= 11 is 6.52. The summed E-state index contributed by atoms with van der Waals surface area (Å²) in [6.45, 7) is 1.57. The van der Waals surface area contributed by atoms with Crippen molar-refractivity contribution in [2.24, 2.45) is 5.73 Å². The van der Waals surface area contributed by atoms with Gasteiger partial charge in [-0.05, 0) is 42.7 Å². The minimum Gasteiger partial charge on any atom is -0.396 e. The van der Waals surface area contributed by atoms with E-state index in [0.29, 0.717) is 58.7 Å². The molecule has 6 rings (SSSR count). The van der Waals surface area contributed by atoms with Gasteiger partial charge in [-0.15, -0.1) is 0 Å². The summed E-state index contributed by atoms with van der Waals surface area (Å²) in [5.74, 6) is -1.03. The van der Waals surface area contributed by atoms with E-state index >= 15 is 0 Å². The number of nitrogens with one attached hydrogen (secondary N) is 1. The van der Waals surface area contributed by atoms with Crippen molar-refractivity contribution >= 4 is 51.1 Å². The first-order valence-corrected chi connectivity index (χ1v) is 12.7. The molecule has 1 fully saturated rings. The van der Waals surface area contributed by atoms with Crippen LogP contribution in [0.4, 0.5) is 0 Å². The van der Waals surface area contributed by atoms with Gasteiger partial charge in [0.15, 0.2) is 0 Å². The number of aryl methyl sites for hydroxylation is 1. The maximum atomic E-state index is 13.2. The SMILES string of the molecule is N[C@H]1CCN(C(=O)c2ccc3c4c5c(c(-c6ccccc6Cl)cc4n(CCCO)c3c2)C(=O)NC5=O)C1. The number of likely N-dealkylation sites (tertiary alicyclic amines) is 1. The first-order chi connectivity index (χ1) is 17.9. The summed E-state index contributed by atoms with van der Waals surface area (Å²) < 4.78 is 2.00. The molecule has 3 aromatic carbocycles. The summed E-state index contributed by atoms with van der Waals surface area (Å²) in [5.41, 5.74) is 9.82.